The molecule has 4 aliphatic rings. The SMILES string of the molecule is COc1ccc(OC)c(C=Cc2ccc(N3C(=O)C4CC=C5C(CC6C(=O)N(c7cccc(Cl)c7)C(=O)C6(c6ccccc6)C5c5cc(I)c(O)c(OC)c5)C4C3=O)cc2)c1. The predicted octanol–water partition coefficient (Wildman–Crippen LogP) is 9.21. The van der Waals surface area contributed by atoms with Crippen molar-refractivity contribution in [2.75, 3.05) is 31.1 Å². The maximum atomic E-state index is 15.6. The number of hydrogen-bond acceptors (Lipinski definition) is 8. The fourth-order valence-electron chi connectivity index (χ4n) is 10.2. The molecule has 0 radical (unpaired) electrons. The first-order valence-corrected chi connectivity index (χ1v) is 21.3. The molecule has 10 nitrogen and oxygen atoms in total. The lowest BCUT2D eigenvalue weighted by molar-refractivity contribution is -0.127. The number of benzene rings is 5. The second kappa shape index (κ2) is 15.8. The van der Waals surface area contributed by atoms with Crippen LogP contribution in [-0.2, 0) is 24.6 Å². The second-order valence-corrected chi connectivity index (χ2v) is 17.3. The maximum Gasteiger partial charge on any atom is 0.246 e. The number of phenolic OH excluding ortho intramolecular Hbond substituents is 1. The molecule has 6 atom stereocenters. The number of nitrogens with zero attached hydrogens (tertiary/aromatic N) is 2. The Hall–Kier alpha value is -5.92. The Labute approximate surface area is 371 Å². The van der Waals surface area contributed by atoms with Crippen LogP contribution in [0.3, 0.4) is 0 Å². The molecule has 9 rings (SSSR count). The second-order valence-electron chi connectivity index (χ2n) is 15.7. The highest BCUT2D eigenvalue weighted by Gasteiger charge is 2.70. The van der Waals surface area contributed by atoms with Crippen LogP contribution in [0, 0.1) is 27.2 Å². The van der Waals surface area contributed by atoms with Crippen molar-refractivity contribution in [2.24, 2.45) is 23.7 Å². The van der Waals surface area contributed by atoms with Gasteiger partial charge in [-0.25, -0.2) is 4.90 Å². The standard InChI is InChI=1S/C49H40ClIN2O8/c1-59-34-18-21-40(60-2)28(22-34)15-12-27-13-16-32(17-14-27)52-45(55)36-20-19-35-37(42(36)47(52)57)26-38-46(56)53(33-11-7-10-31(50)25-33)48(58)49(38,30-8-5-4-6-9-30)43(35)29-23-39(51)44(54)41(24-29)61-3/h4-19,21-25,36-38,42-43,54H,20,26H2,1-3H3. The average Bonchev–Trinajstić information content (AvgIpc) is 3.67. The number of ether oxygens (including phenoxy) is 3. The summed E-state index contributed by atoms with van der Waals surface area (Å²) in [6.45, 7) is 0. The van der Waals surface area contributed by atoms with E-state index >= 15 is 9.59 Å². The monoisotopic (exact) mass is 946 g/mol. The number of aromatic hydroxyl groups is 1. The molecule has 1 saturated carbocycles. The zero-order chi connectivity index (χ0) is 42.7. The van der Waals surface area contributed by atoms with Crippen molar-refractivity contribution in [3.63, 3.8) is 0 Å². The molecule has 5 aromatic rings. The number of anilines is 2. The normalized spacial score (nSPS) is 24.4. The summed E-state index contributed by atoms with van der Waals surface area (Å²) in [5.74, 6) is -3.69. The van der Waals surface area contributed by atoms with Crippen molar-refractivity contribution >= 4 is 81.3 Å². The summed E-state index contributed by atoms with van der Waals surface area (Å²) in [4.78, 5) is 62.5. The Kier molecular flexibility index (Phi) is 10.5. The van der Waals surface area contributed by atoms with Crippen molar-refractivity contribution in [3.05, 3.63) is 152 Å². The van der Waals surface area contributed by atoms with Gasteiger partial charge in [-0.15, -0.1) is 0 Å². The number of rotatable bonds is 9. The molecule has 2 saturated heterocycles. The van der Waals surface area contributed by atoms with E-state index in [1.807, 2.05) is 108 Å². The van der Waals surface area contributed by atoms with Crippen molar-refractivity contribution in [1.29, 1.82) is 0 Å². The van der Waals surface area contributed by atoms with Crippen LogP contribution in [0.25, 0.3) is 12.2 Å². The number of carbonyl (C=O) groups is 4. The molecule has 2 heterocycles. The average molecular weight is 947 g/mol. The summed E-state index contributed by atoms with van der Waals surface area (Å²) in [5.41, 5.74) is 3.08. The van der Waals surface area contributed by atoms with Crippen LogP contribution in [-0.4, -0.2) is 50.1 Å². The third-order valence-electron chi connectivity index (χ3n) is 12.8. The lowest BCUT2D eigenvalue weighted by Crippen LogP contribution is -2.53. The number of phenols is 1. The zero-order valence-corrected chi connectivity index (χ0v) is 36.3. The van der Waals surface area contributed by atoms with E-state index in [9.17, 15) is 14.7 Å². The van der Waals surface area contributed by atoms with Gasteiger partial charge in [-0.3, -0.25) is 24.1 Å². The molecule has 1 N–H and O–H groups in total. The van der Waals surface area contributed by atoms with Crippen LogP contribution >= 0.6 is 34.2 Å². The summed E-state index contributed by atoms with van der Waals surface area (Å²) >= 11 is 8.49. The topological polar surface area (TPSA) is 123 Å². The molecule has 2 aliphatic carbocycles. The third kappa shape index (κ3) is 6.43. The Morgan fingerprint density at radius 2 is 1.49 bits per heavy atom. The van der Waals surface area contributed by atoms with Gasteiger partial charge >= 0.3 is 0 Å². The van der Waals surface area contributed by atoms with E-state index in [0.717, 1.165) is 16.7 Å². The number of amides is 4. The van der Waals surface area contributed by atoms with E-state index in [-0.39, 0.29) is 36.2 Å². The van der Waals surface area contributed by atoms with Gasteiger partial charge in [0.05, 0.1) is 59.4 Å². The van der Waals surface area contributed by atoms with Gasteiger partial charge in [0.2, 0.25) is 23.6 Å². The van der Waals surface area contributed by atoms with Crippen LogP contribution in [0.5, 0.6) is 23.0 Å². The van der Waals surface area contributed by atoms with Crippen LogP contribution < -0.4 is 24.0 Å². The van der Waals surface area contributed by atoms with Gasteiger partial charge in [0.1, 0.15) is 11.5 Å². The molecule has 0 aromatic heterocycles. The van der Waals surface area contributed by atoms with E-state index in [1.165, 1.54) is 16.9 Å². The highest BCUT2D eigenvalue weighted by molar-refractivity contribution is 14.1. The predicted molar refractivity (Wildman–Crippen MR) is 241 cm³/mol. The molecule has 308 valence electrons. The van der Waals surface area contributed by atoms with Crippen molar-refractivity contribution < 1.29 is 38.5 Å². The van der Waals surface area contributed by atoms with Crippen LogP contribution in [0.15, 0.2) is 121 Å². The first kappa shape index (κ1) is 40.5. The number of fused-ring (bicyclic) bond motifs is 4. The van der Waals surface area contributed by atoms with E-state index < -0.39 is 46.8 Å². The van der Waals surface area contributed by atoms with Gasteiger partial charge < -0.3 is 19.3 Å². The summed E-state index contributed by atoms with van der Waals surface area (Å²) < 4.78 is 17.1. The molecule has 2 aliphatic heterocycles. The zero-order valence-electron chi connectivity index (χ0n) is 33.4. The Morgan fingerprint density at radius 3 is 2.20 bits per heavy atom. The molecule has 61 heavy (non-hydrogen) atoms. The van der Waals surface area contributed by atoms with E-state index in [4.69, 9.17) is 25.8 Å². The van der Waals surface area contributed by atoms with Gasteiger partial charge in [0.25, 0.3) is 0 Å². The number of imide groups is 2. The van der Waals surface area contributed by atoms with Gasteiger partial charge in [0, 0.05) is 16.5 Å². The minimum Gasteiger partial charge on any atom is -0.504 e. The fourth-order valence-corrected chi connectivity index (χ4v) is 11.0. The fraction of sp³-hybridized carbons (Fsp3) is 0.224. The lowest BCUT2D eigenvalue weighted by Gasteiger charge is -2.50. The summed E-state index contributed by atoms with van der Waals surface area (Å²) in [6, 6.07) is 32.3. The van der Waals surface area contributed by atoms with E-state index in [2.05, 4.69) is 0 Å². The summed E-state index contributed by atoms with van der Waals surface area (Å²) in [7, 11) is 4.67. The summed E-state index contributed by atoms with van der Waals surface area (Å²) in [6.07, 6.45) is 6.25. The molecular formula is C49H40ClIN2O8. The molecule has 4 amide bonds. The van der Waals surface area contributed by atoms with E-state index in [0.29, 0.717) is 42.6 Å². The Morgan fingerprint density at radius 1 is 0.738 bits per heavy atom. The summed E-state index contributed by atoms with van der Waals surface area (Å²) in [5, 5.41) is 11.4. The number of allylic oxidation sites excluding steroid dienone is 2. The molecule has 5 aromatic carbocycles. The van der Waals surface area contributed by atoms with Crippen molar-refractivity contribution in [3.8, 4) is 23.0 Å². The van der Waals surface area contributed by atoms with Crippen molar-refractivity contribution in [1.82, 2.24) is 0 Å². The van der Waals surface area contributed by atoms with Crippen LogP contribution in [0.2, 0.25) is 5.02 Å². The minimum atomic E-state index is -1.47. The lowest BCUT2D eigenvalue weighted by atomic mass is 9.49. The van der Waals surface area contributed by atoms with Crippen LogP contribution in [0.1, 0.15) is 41.0 Å². The molecular weight excluding hydrogens is 907 g/mol. The highest BCUT2D eigenvalue weighted by Crippen LogP contribution is 2.65. The van der Waals surface area contributed by atoms with Crippen molar-refractivity contribution in [2.45, 2.75) is 24.2 Å². The van der Waals surface area contributed by atoms with Gasteiger partial charge in [-0.1, -0.05) is 83.9 Å². The van der Waals surface area contributed by atoms with Gasteiger partial charge in [-0.05, 0) is 119 Å². The number of halogens is 2. The molecule has 0 spiro atoms. The van der Waals surface area contributed by atoms with Gasteiger partial charge in [-0.2, -0.15) is 0 Å². The molecule has 0 bridgehead atoms. The van der Waals surface area contributed by atoms with Crippen LogP contribution in [0.4, 0.5) is 11.4 Å². The maximum absolute atomic E-state index is 15.6. The smallest absolute Gasteiger partial charge is 0.246 e. The number of methoxy groups -OCH3 is 3. The van der Waals surface area contributed by atoms with E-state index in [1.54, 1.807) is 56.7 Å². The molecule has 12 heteroatoms. The minimum absolute atomic E-state index is 0.0506. The number of carbonyl (C=O) groups excluding carboxylic acids is 4. The van der Waals surface area contributed by atoms with Gasteiger partial charge in [0.15, 0.2) is 11.5 Å². The molecule has 6 unspecified atom stereocenters. The first-order chi connectivity index (χ1) is 29.5. The Balaban J connectivity index is 1.14. The third-order valence-corrected chi connectivity index (χ3v) is 13.9. The first-order valence-electron chi connectivity index (χ1n) is 19.9. The quantitative estimate of drug-likeness (QED) is 0.0672. The largest absolute Gasteiger partial charge is 0.504 e. The Bertz CT molecular complexity index is 2680. The molecule has 3 fully saturated rings. The highest BCUT2D eigenvalue weighted by atomic mass is 127. The number of hydrogen-bond donors (Lipinski definition) is 1.